The summed E-state index contributed by atoms with van der Waals surface area (Å²) in [6.45, 7) is -0.716. The maximum Gasteiger partial charge on any atom is 0.329 e. The van der Waals surface area contributed by atoms with Crippen LogP contribution in [0.1, 0.15) is 0 Å². The molecule has 0 unspecified atom stereocenters. The van der Waals surface area contributed by atoms with Gasteiger partial charge in [-0.3, -0.25) is 9.59 Å². The minimum atomic E-state index is -1.82. The molecule has 1 aliphatic rings. The average molecular weight is 195 g/mol. The summed E-state index contributed by atoms with van der Waals surface area (Å²) in [6, 6.07) is 0. The normalized spacial score (nSPS) is 31.7. The second-order valence-electron chi connectivity index (χ2n) is 2.43. The van der Waals surface area contributed by atoms with Crippen LogP contribution in [0.4, 0.5) is 4.39 Å². The number of ether oxygens (including phenoxy) is 1. The van der Waals surface area contributed by atoms with E-state index in [2.05, 4.69) is 4.74 Å². The first-order valence-corrected chi connectivity index (χ1v) is 3.31. The molecule has 1 rings (SSSR count). The summed E-state index contributed by atoms with van der Waals surface area (Å²) < 4.78 is 17.1. The van der Waals surface area contributed by atoms with Crippen molar-refractivity contribution in [2.24, 2.45) is 5.73 Å². The van der Waals surface area contributed by atoms with E-state index in [0.29, 0.717) is 0 Å². The molecule has 1 saturated heterocycles. The van der Waals surface area contributed by atoms with E-state index in [0.717, 1.165) is 0 Å². The number of hydrogen-bond donors (Lipinski definition) is 3. The third-order valence-electron chi connectivity index (χ3n) is 1.56. The second-order valence-corrected chi connectivity index (χ2v) is 2.43. The minimum Gasteiger partial charge on any atom is -0.483 e. The van der Waals surface area contributed by atoms with Crippen molar-refractivity contribution in [3.8, 4) is 0 Å². The molecular formula is C6H10FNO5. The molecule has 0 amide bonds. The number of carbonyl (C=O) groups is 2. The molecule has 0 aliphatic carbocycles. The first kappa shape index (κ1) is 11.8. The molecule has 1 aliphatic heterocycles. The molecule has 7 heteroatoms. The van der Waals surface area contributed by atoms with Gasteiger partial charge in [-0.2, -0.15) is 0 Å². The number of rotatable bonds is 1. The zero-order valence-electron chi connectivity index (χ0n) is 6.64. The number of halogens is 1. The van der Waals surface area contributed by atoms with Gasteiger partial charge in [0.2, 0.25) is 0 Å². The van der Waals surface area contributed by atoms with Crippen molar-refractivity contribution >= 4 is 12.4 Å². The fourth-order valence-corrected chi connectivity index (χ4v) is 0.766. The number of alkyl halides is 1. The van der Waals surface area contributed by atoms with Crippen LogP contribution in [0.15, 0.2) is 0 Å². The minimum absolute atomic E-state index is 0.219. The molecule has 0 bridgehead atoms. The van der Waals surface area contributed by atoms with E-state index in [4.69, 9.17) is 20.7 Å². The molecule has 0 aromatic carbocycles. The van der Waals surface area contributed by atoms with Crippen molar-refractivity contribution < 1.29 is 28.9 Å². The summed E-state index contributed by atoms with van der Waals surface area (Å²) in [5.74, 6) is -1.35. The number of hydrogen-bond acceptors (Lipinski definition) is 4. The Hall–Kier alpha value is -1.21. The molecule has 6 nitrogen and oxygen atoms in total. The van der Waals surface area contributed by atoms with E-state index in [1.807, 2.05) is 0 Å². The van der Waals surface area contributed by atoms with Gasteiger partial charge in [-0.1, -0.05) is 0 Å². The van der Waals surface area contributed by atoms with Gasteiger partial charge in [0.05, 0.1) is 13.2 Å². The monoisotopic (exact) mass is 195 g/mol. The summed E-state index contributed by atoms with van der Waals surface area (Å²) in [4.78, 5) is 18.6. The summed E-state index contributed by atoms with van der Waals surface area (Å²) in [5.41, 5.74) is 3.33. The summed E-state index contributed by atoms with van der Waals surface area (Å²) in [5, 5.41) is 15.3. The van der Waals surface area contributed by atoms with Crippen molar-refractivity contribution in [3.63, 3.8) is 0 Å². The Kier molecular flexibility index (Phi) is 4.29. The average Bonchev–Trinajstić information content (AvgIpc) is 2.35. The fourth-order valence-electron chi connectivity index (χ4n) is 0.766. The van der Waals surface area contributed by atoms with Gasteiger partial charge in [0.1, 0.15) is 0 Å². The van der Waals surface area contributed by atoms with Crippen LogP contribution in [-0.4, -0.2) is 47.6 Å². The highest BCUT2D eigenvalue weighted by Gasteiger charge is 2.48. The highest BCUT2D eigenvalue weighted by Crippen LogP contribution is 2.19. The highest BCUT2D eigenvalue weighted by molar-refractivity contribution is 5.80. The van der Waals surface area contributed by atoms with E-state index < -0.39 is 17.7 Å². The number of nitrogens with two attached hydrogens (primary N) is 1. The lowest BCUT2D eigenvalue weighted by molar-refractivity contribution is -0.144. The van der Waals surface area contributed by atoms with Crippen molar-refractivity contribution in [2.45, 2.75) is 11.7 Å². The Balaban J connectivity index is 0.000000424. The van der Waals surface area contributed by atoms with Crippen LogP contribution in [-0.2, 0) is 14.3 Å². The van der Waals surface area contributed by atoms with Crippen LogP contribution in [0, 0.1) is 0 Å². The lowest BCUT2D eigenvalue weighted by atomic mass is 9.99. The summed E-state index contributed by atoms with van der Waals surface area (Å²) >= 11 is 0. The molecule has 13 heavy (non-hydrogen) atoms. The van der Waals surface area contributed by atoms with Crippen molar-refractivity contribution in [1.29, 1.82) is 0 Å². The Morgan fingerprint density at radius 2 is 2.23 bits per heavy atom. The van der Waals surface area contributed by atoms with Gasteiger partial charge < -0.3 is 20.7 Å². The SMILES string of the molecule is N[C@@]1(C(=O)O)COC[C@@H]1F.O=CO. The third kappa shape index (κ3) is 2.63. The van der Waals surface area contributed by atoms with Crippen LogP contribution in [0.2, 0.25) is 0 Å². The Morgan fingerprint density at radius 3 is 2.38 bits per heavy atom. The smallest absolute Gasteiger partial charge is 0.329 e. The topological polar surface area (TPSA) is 110 Å². The zero-order valence-corrected chi connectivity index (χ0v) is 6.64. The van der Waals surface area contributed by atoms with Gasteiger partial charge in [0, 0.05) is 0 Å². The lowest BCUT2D eigenvalue weighted by Gasteiger charge is -2.17. The molecule has 0 spiro atoms. The Morgan fingerprint density at radius 1 is 1.77 bits per heavy atom. The maximum absolute atomic E-state index is 12.6. The molecular weight excluding hydrogens is 185 g/mol. The molecule has 0 radical (unpaired) electrons. The van der Waals surface area contributed by atoms with Crippen LogP contribution >= 0.6 is 0 Å². The molecule has 1 fully saturated rings. The number of aliphatic carboxylic acids is 1. The van der Waals surface area contributed by atoms with E-state index in [9.17, 15) is 9.18 Å². The first-order chi connectivity index (χ1) is 5.99. The molecule has 4 N–H and O–H groups in total. The molecule has 0 aromatic heterocycles. The lowest BCUT2D eigenvalue weighted by Crippen LogP contribution is -2.55. The molecule has 1 heterocycles. The molecule has 76 valence electrons. The van der Waals surface area contributed by atoms with Gasteiger partial charge >= 0.3 is 5.97 Å². The first-order valence-electron chi connectivity index (χ1n) is 3.31. The van der Waals surface area contributed by atoms with Crippen LogP contribution in [0.25, 0.3) is 0 Å². The molecule has 2 atom stereocenters. The van der Waals surface area contributed by atoms with Gasteiger partial charge in [-0.05, 0) is 0 Å². The van der Waals surface area contributed by atoms with E-state index in [1.165, 1.54) is 0 Å². The van der Waals surface area contributed by atoms with E-state index >= 15 is 0 Å². The second kappa shape index (κ2) is 4.73. The van der Waals surface area contributed by atoms with Crippen molar-refractivity contribution in [2.75, 3.05) is 13.2 Å². The van der Waals surface area contributed by atoms with Crippen LogP contribution < -0.4 is 5.73 Å². The highest BCUT2D eigenvalue weighted by atomic mass is 19.1. The summed E-state index contributed by atoms with van der Waals surface area (Å²) in [7, 11) is 0. The van der Waals surface area contributed by atoms with Gasteiger partial charge in [-0.15, -0.1) is 0 Å². The van der Waals surface area contributed by atoms with E-state index in [-0.39, 0.29) is 19.7 Å². The fraction of sp³-hybridized carbons (Fsp3) is 0.667. The maximum atomic E-state index is 12.6. The largest absolute Gasteiger partial charge is 0.483 e. The van der Waals surface area contributed by atoms with Crippen LogP contribution in [0.3, 0.4) is 0 Å². The molecule has 0 saturated carbocycles. The van der Waals surface area contributed by atoms with Gasteiger partial charge in [-0.25, -0.2) is 4.39 Å². The van der Waals surface area contributed by atoms with Crippen LogP contribution in [0.5, 0.6) is 0 Å². The zero-order chi connectivity index (χ0) is 10.5. The predicted octanol–water partition coefficient (Wildman–Crippen LogP) is -1.16. The number of carboxylic acids is 1. The Labute approximate surface area is 73.1 Å². The van der Waals surface area contributed by atoms with Gasteiger partial charge in [0.15, 0.2) is 11.7 Å². The van der Waals surface area contributed by atoms with E-state index in [1.54, 1.807) is 0 Å². The quantitative estimate of drug-likeness (QED) is 0.455. The van der Waals surface area contributed by atoms with Gasteiger partial charge in [0.25, 0.3) is 6.47 Å². The summed E-state index contributed by atoms with van der Waals surface area (Å²) in [6.07, 6.45) is -1.59. The standard InChI is InChI=1S/C5H8FNO3.CH2O2/c6-3-1-10-2-5(3,7)4(8)9;2-1-3/h3H,1-2,7H2,(H,8,9);1H,(H,2,3)/t3-,5-;/m0./s1. The number of carboxylic acid groups (broad SMARTS) is 2. The van der Waals surface area contributed by atoms with Crippen molar-refractivity contribution in [3.05, 3.63) is 0 Å². The Bertz CT molecular complexity index is 199. The van der Waals surface area contributed by atoms with Crippen molar-refractivity contribution in [1.82, 2.24) is 0 Å². The third-order valence-corrected chi connectivity index (χ3v) is 1.56. The molecule has 0 aromatic rings. The predicted molar refractivity (Wildman–Crippen MR) is 39.0 cm³/mol.